The maximum absolute atomic E-state index is 11.4. The molecule has 1 aliphatic heterocycles. The van der Waals surface area contributed by atoms with Crippen molar-refractivity contribution in [3.63, 3.8) is 0 Å². The van der Waals surface area contributed by atoms with Gasteiger partial charge in [0.15, 0.2) is 0 Å². The lowest BCUT2D eigenvalue weighted by Crippen LogP contribution is -2.10. The first kappa shape index (κ1) is 16.2. The predicted octanol–water partition coefficient (Wildman–Crippen LogP) is 3.78. The van der Waals surface area contributed by atoms with Crippen molar-refractivity contribution in [3.05, 3.63) is 41.5 Å². The van der Waals surface area contributed by atoms with E-state index in [0.29, 0.717) is 12.4 Å². The molecule has 5 nitrogen and oxygen atoms in total. The van der Waals surface area contributed by atoms with E-state index in [0.717, 1.165) is 34.6 Å². The highest BCUT2D eigenvalue weighted by atomic mass is 16.5. The van der Waals surface area contributed by atoms with Crippen LogP contribution in [0.2, 0.25) is 0 Å². The van der Waals surface area contributed by atoms with Gasteiger partial charge in [-0.3, -0.25) is 0 Å². The fourth-order valence-corrected chi connectivity index (χ4v) is 2.83. The van der Waals surface area contributed by atoms with Crippen molar-refractivity contribution in [1.29, 1.82) is 0 Å². The molecule has 5 heteroatoms. The van der Waals surface area contributed by atoms with Gasteiger partial charge in [0.05, 0.1) is 19.8 Å². The summed E-state index contributed by atoms with van der Waals surface area (Å²) in [5.41, 5.74) is 2.96. The first-order valence-electron chi connectivity index (χ1n) is 7.87. The van der Waals surface area contributed by atoms with Crippen molar-refractivity contribution in [2.75, 3.05) is 13.7 Å². The monoisotopic (exact) mass is 328 g/mol. The fourth-order valence-electron chi connectivity index (χ4n) is 2.83. The molecule has 24 heavy (non-hydrogen) atoms. The highest BCUT2D eigenvalue weighted by molar-refractivity contribution is 5.92. The third-order valence-electron chi connectivity index (χ3n) is 3.88. The number of carboxylic acid groups (broad SMARTS) is 1. The Bertz CT molecular complexity index is 780. The third-order valence-corrected chi connectivity index (χ3v) is 3.88. The summed E-state index contributed by atoms with van der Waals surface area (Å²) in [6, 6.07) is 8.96. The standard InChI is InChI=1S/C19H20O5/c1-11(2)24-17-9-12(4-5-15(17)19(20)21)16-10-14(22-3)8-13-6-7-23-18(13)16/h4-5,8-11H,6-7H2,1-3H3,(H,20,21). The maximum Gasteiger partial charge on any atom is 0.339 e. The number of fused-ring (bicyclic) bond motifs is 1. The summed E-state index contributed by atoms with van der Waals surface area (Å²) >= 11 is 0. The second-order valence-electron chi connectivity index (χ2n) is 5.94. The molecule has 0 fully saturated rings. The van der Waals surface area contributed by atoms with E-state index < -0.39 is 5.97 Å². The Morgan fingerprint density at radius 1 is 1.25 bits per heavy atom. The molecule has 0 amide bonds. The third kappa shape index (κ3) is 3.02. The van der Waals surface area contributed by atoms with Crippen LogP contribution in [0.4, 0.5) is 0 Å². The van der Waals surface area contributed by atoms with E-state index in [1.807, 2.05) is 26.0 Å². The minimum atomic E-state index is -1.01. The van der Waals surface area contributed by atoms with Crippen LogP contribution in [0.5, 0.6) is 17.2 Å². The van der Waals surface area contributed by atoms with Crippen LogP contribution >= 0.6 is 0 Å². The molecular formula is C19H20O5. The molecule has 1 aliphatic rings. The summed E-state index contributed by atoms with van der Waals surface area (Å²) in [6.07, 6.45) is 0.716. The van der Waals surface area contributed by atoms with Crippen LogP contribution in [0.1, 0.15) is 29.8 Å². The van der Waals surface area contributed by atoms with E-state index >= 15 is 0 Å². The Labute approximate surface area is 140 Å². The Morgan fingerprint density at radius 2 is 2.04 bits per heavy atom. The van der Waals surface area contributed by atoms with Crippen LogP contribution < -0.4 is 14.2 Å². The molecule has 0 bridgehead atoms. The summed E-state index contributed by atoms with van der Waals surface area (Å²) in [5.74, 6) is 0.922. The largest absolute Gasteiger partial charge is 0.497 e. The number of benzene rings is 2. The van der Waals surface area contributed by atoms with Gasteiger partial charge < -0.3 is 19.3 Å². The topological polar surface area (TPSA) is 65.0 Å². The van der Waals surface area contributed by atoms with Crippen molar-refractivity contribution in [2.45, 2.75) is 26.4 Å². The number of methoxy groups -OCH3 is 1. The molecule has 0 unspecified atom stereocenters. The van der Waals surface area contributed by atoms with Crippen LogP contribution in [-0.2, 0) is 6.42 Å². The van der Waals surface area contributed by atoms with E-state index in [1.165, 1.54) is 0 Å². The maximum atomic E-state index is 11.4. The smallest absolute Gasteiger partial charge is 0.339 e. The van der Waals surface area contributed by atoms with E-state index in [2.05, 4.69) is 0 Å². The van der Waals surface area contributed by atoms with Crippen molar-refractivity contribution >= 4 is 5.97 Å². The lowest BCUT2D eigenvalue weighted by molar-refractivity contribution is 0.0690. The molecule has 0 aromatic heterocycles. The molecule has 0 radical (unpaired) electrons. The summed E-state index contributed by atoms with van der Waals surface area (Å²) in [6.45, 7) is 4.37. The number of rotatable bonds is 5. The van der Waals surface area contributed by atoms with Crippen molar-refractivity contribution in [3.8, 4) is 28.4 Å². The summed E-state index contributed by atoms with van der Waals surface area (Å²) in [4.78, 5) is 11.4. The van der Waals surface area contributed by atoms with Gasteiger partial charge in [0.25, 0.3) is 0 Å². The number of aromatic carboxylic acids is 1. The second kappa shape index (κ2) is 6.43. The van der Waals surface area contributed by atoms with Crippen LogP contribution in [0, 0.1) is 0 Å². The summed E-state index contributed by atoms with van der Waals surface area (Å²) < 4.78 is 16.8. The molecule has 0 saturated heterocycles. The minimum Gasteiger partial charge on any atom is -0.497 e. The van der Waals surface area contributed by atoms with E-state index in [4.69, 9.17) is 14.2 Å². The lowest BCUT2D eigenvalue weighted by Gasteiger charge is -2.15. The van der Waals surface area contributed by atoms with Gasteiger partial charge >= 0.3 is 5.97 Å². The van der Waals surface area contributed by atoms with Gasteiger partial charge in [-0.25, -0.2) is 4.79 Å². The molecule has 0 atom stereocenters. The summed E-state index contributed by atoms with van der Waals surface area (Å²) in [5, 5.41) is 9.35. The number of hydrogen-bond acceptors (Lipinski definition) is 4. The molecule has 0 spiro atoms. The highest BCUT2D eigenvalue weighted by Gasteiger charge is 2.21. The zero-order valence-corrected chi connectivity index (χ0v) is 14.0. The molecule has 0 saturated carbocycles. The molecule has 2 aromatic rings. The lowest BCUT2D eigenvalue weighted by atomic mass is 9.99. The van der Waals surface area contributed by atoms with Crippen molar-refractivity contribution < 1.29 is 24.1 Å². The Balaban J connectivity index is 2.13. The Morgan fingerprint density at radius 3 is 2.71 bits per heavy atom. The number of carboxylic acids is 1. The zero-order valence-electron chi connectivity index (χ0n) is 14.0. The van der Waals surface area contributed by atoms with Gasteiger partial charge in [0.1, 0.15) is 22.8 Å². The van der Waals surface area contributed by atoms with E-state index in [1.54, 1.807) is 25.3 Å². The van der Waals surface area contributed by atoms with Gasteiger partial charge in [0, 0.05) is 17.5 Å². The van der Waals surface area contributed by atoms with Gasteiger partial charge in [-0.15, -0.1) is 0 Å². The predicted molar refractivity (Wildman–Crippen MR) is 90.4 cm³/mol. The van der Waals surface area contributed by atoms with Crippen LogP contribution in [-0.4, -0.2) is 30.9 Å². The minimum absolute atomic E-state index is 0.120. The van der Waals surface area contributed by atoms with Gasteiger partial charge in [0.2, 0.25) is 0 Å². The quantitative estimate of drug-likeness (QED) is 0.905. The molecule has 3 rings (SSSR count). The average molecular weight is 328 g/mol. The van der Waals surface area contributed by atoms with Gasteiger partial charge in [-0.2, -0.15) is 0 Å². The van der Waals surface area contributed by atoms with Crippen LogP contribution in [0.15, 0.2) is 30.3 Å². The second-order valence-corrected chi connectivity index (χ2v) is 5.94. The molecule has 1 heterocycles. The number of hydrogen-bond donors (Lipinski definition) is 1. The van der Waals surface area contributed by atoms with Gasteiger partial charge in [-0.1, -0.05) is 6.07 Å². The first-order valence-corrected chi connectivity index (χ1v) is 7.87. The van der Waals surface area contributed by atoms with Crippen molar-refractivity contribution in [1.82, 2.24) is 0 Å². The fraction of sp³-hybridized carbons (Fsp3) is 0.316. The zero-order chi connectivity index (χ0) is 17.3. The van der Waals surface area contributed by atoms with E-state index in [9.17, 15) is 9.90 Å². The van der Waals surface area contributed by atoms with E-state index in [-0.39, 0.29) is 11.7 Å². The molecule has 126 valence electrons. The molecule has 2 aromatic carbocycles. The SMILES string of the molecule is COc1cc2c(c(-c3ccc(C(=O)O)c(OC(C)C)c3)c1)OCC2. The normalized spacial score (nSPS) is 12.7. The highest BCUT2D eigenvalue weighted by Crippen LogP contribution is 2.41. The molecular weight excluding hydrogens is 308 g/mol. The molecule has 1 N–H and O–H groups in total. The molecule has 0 aliphatic carbocycles. The van der Waals surface area contributed by atoms with Crippen LogP contribution in [0.3, 0.4) is 0 Å². The summed E-state index contributed by atoms with van der Waals surface area (Å²) in [7, 11) is 1.63. The number of carbonyl (C=O) groups is 1. The van der Waals surface area contributed by atoms with Crippen LogP contribution in [0.25, 0.3) is 11.1 Å². The number of ether oxygens (including phenoxy) is 3. The Hall–Kier alpha value is -2.69. The van der Waals surface area contributed by atoms with Crippen molar-refractivity contribution in [2.24, 2.45) is 0 Å². The average Bonchev–Trinajstić information content (AvgIpc) is 3.01. The van der Waals surface area contributed by atoms with Gasteiger partial charge in [-0.05, 0) is 43.7 Å². The first-order chi connectivity index (χ1) is 11.5. The Kier molecular flexibility index (Phi) is 4.34.